The van der Waals surface area contributed by atoms with Gasteiger partial charge in [-0.1, -0.05) is 29.8 Å². The van der Waals surface area contributed by atoms with E-state index in [2.05, 4.69) is 56.8 Å². The smallest absolute Gasteiger partial charge is 0.229 e. The molecule has 0 spiro atoms. The molecule has 7 nitrogen and oxygen atoms in total. The number of fused-ring (bicyclic) bond motifs is 3. The molecule has 3 heterocycles. The highest BCUT2D eigenvalue weighted by Crippen LogP contribution is 2.29. The van der Waals surface area contributed by atoms with Gasteiger partial charge in [0.15, 0.2) is 0 Å². The summed E-state index contributed by atoms with van der Waals surface area (Å²) < 4.78 is 0. The standard InChI is InChI=1S/C26H22ClN7/c1-34(11-10-16-14-28-23-5-3-2-4-20(16)23)25-21-13-18(27)6-8-24(21)31-26(32-25)30-19-7-9-22-17(12-19)15-29-33-22/h2-9,12-15,28H,10-11H2,1H3,(H,29,33)(H,30,31,32). The molecule has 168 valence electrons. The van der Waals surface area contributed by atoms with Gasteiger partial charge in [0.25, 0.3) is 0 Å². The van der Waals surface area contributed by atoms with Crippen LogP contribution in [0.25, 0.3) is 32.7 Å². The molecule has 0 unspecified atom stereocenters. The fourth-order valence-corrected chi connectivity index (χ4v) is 4.49. The first kappa shape index (κ1) is 20.5. The van der Waals surface area contributed by atoms with E-state index in [4.69, 9.17) is 21.6 Å². The van der Waals surface area contributed by atoms with Crippen LogP contribution in [-0.2, 0) is 6.42 Å². The molecule has 0 amide bonds. The van der Waals surface area contributed by atoms with Crippen LogP contribution in [0.3, 0.4) is 0 Å². The first-order valence-corrected chi connectivity index (χ1v) is 11.5. The van der Waals surface area contributed by atoms with Crippen molar-refractivity contribution in [2.24, 2.45) is 0 Å². The number of aromatic amines is 2. The van der Waals surface area contributed by atoms with Gasteiger partial charge in [-0.3, -0.25) is 5.10 Å². The lowest BCUT2D eigenvalue weighted by atomic mass is 10.1. The first-order chi connectivity index (χ1) is 16.6. The van der Waals surface area contributed by atoms with Crippen LogP contribution in [0, 0.1) is 0 Å². The van der Waals surface area contributed by atoms with Crippen LogP contribution in [0.1, 0.15) is 5.56 Å². The molecular formula is C26H22ClN7. The highest BCUT2D eigenvalue weighted by atomic mass is 35.5. The summed E-state index contributed by atoms with van der Waals surface area (Å²) in [5.74, 6) is 1.37. The SMILES string of the molecule is CN(CCc1c[nH]c2ccccc12)c1nc(Nc2ccc3[nH]ncc3c2)nc2ccc(Cl)cc12. The summed E-state index contributed by atoms with van der Waals surface area (Å²) in [7, 11) is 2.05. The van der Waals surface area contributed by atoms with Crippen LogP contribution in [0.5, 0.6) is 0 Å². The van der Waals surface area contributed by atoms with Crippen LogP contribution in [0.2, 0.25) is 5.02 Å². The number of halogens is 1. The Morgan fingerprint density at radius 3 is 2.82 bits per heavy atom. The zero-order chi connectivity index (χ0) is 23.1. The van der Waals surface area contributed by atoms with Crippen molar-refractivity contribution in [2.45, 2.75) is 6.42 Å². The van der Waals surface area contributed by atoms with Gasteiger partial charge >= 0.3 is 0 Å². The van der Waals surface area contributed by atoms with Gasteiger partial charge in [-0.25, -0.2) is 4.98 Å². The minimum Gasteiger partial charge on any atom is -0.361 e. The van der Waals surface area contributed by atoms with Gasteiger partial charge < -0.3 is 15.2 Å². The van der Waals surface area contributed by atoms with E-state index >= 15 is 0 Å². The van der Waals surface area contributed by atoms with E-state index in [-0.39, 0.29) is 0 Å². The maximum atomic E-state index is 6.33. The van der Waals surface area contributed by atoms with Crippen LogP contribution < -0.4 is 10.2 Å². The summed E-state index contributed by atoms with van der Waals surface area (Å²) in [6, 6.07) is 20.1. The van der Waals surface area contributed by atoms with E-state index in [0.29, 0.717) is 11.0 Å². The Balaban J connectivity index is 1.33. The summed E-state index contributed by atoms with van der Waals surface area (Å²) >= 11 is 6.33. The van der Waals surface area contributed by atoms with E-state index < -0.39 is 0 Å². The van der Waals surface area contributed by atoms with Crippen LogP contribution in [-0.4, -0.2) is 38.7 Å². The molecule has 0 atom stereocenters. The second-order valence-corrected chi connectivity index (χ2v) is 8.80. The number of nitrogens with zero attached hydrogens (tertiary/aromatic N) is 4. The van der Waals surface area contributed by atoms with Crippen molar-refractivity contribution in [1.29, 1.82) is 0 Å². The molecule has 6 rings (SSSR count). The Morgan fingerprint density at radius 1 is 0.971 bits per heavy atom. The maximum Gasteiger partial charge on any atom is 0.229 e. The number of para-hydroxylation sites is 1. The molecule has 6 aromatic rings. The van der Waals surface area contributed by atoms with Gasteiger partial charge in [0.1, 0.15) is 5.82 Å². The summed E-state index contributed by atoms with van der Waals surface area (Å²) in [5.41, 5.74) is 5.15. The normalized spacial score (nSPS) is 11.5. The van der Waals surface area contributed by atoms with Gasteiger partial charge in [-0.05, 0) is 54.4 Å². The maximum absolute atomic E-state index is 6.33. The van der Waals surface area contributed by atoms with E-state index in [9.17, 15) is 0 Å². The molecule has 0 aliphatic rings. The van der Waals surface area contributed by atoms with Crippen molar-refractivity contribution in [3.05, 3.63) is 83.6 Å². The molecule has 3 N–H and O–H groups in total. The average molecular weight is 468 g/mol. The van der Waals surface area contributed by atoms with Crippen LogP contribution >= 0.6 is 11.6 Å². The van der Waals surface area contributed by atoms with Crippen molar-refractivity contribution < 1.29 is 0 Å². The Hall–Kier alpha value is -4.10. The minimum absolute atomic E-state index is 0.534. The molecule has 0 saturated heterocycles. The fourth-order valence-electron chi connectivity index (χ4n) is 4.31. The lowest BCUT2D eigenvalue weighted by Crippen LogP contribution is -2.22. The summed E-state index contributed by atoms with van der Waals surface area (Å²) in [6.07, 6.45) is 4.77. The lowest BCUT2D eigenvalue weighted by molar-refractivity contribution is 0.867. The molecule has 0 aliphatic heterocycles. The van der Waals surface area contributed by atoms with Crippen molar-refractivity contribution in [3.63, 3.8) is 0 Å². The highest BCUT2D eigenvalue weighted by Gasteiger charge is 2.14. The topological polar surface area (TPSA) is 85.5 Å². The molecule has 3 aromatic heterocycles. The third kappa shape index (κ3) is 3.80. The van der Waals surface area contributed by atoms with Gasteiger partial charge in [-0.2, -0.15) is 10.1 Å². The second-order valence-electron chi connectivity index (χ2n) is 8.36. The highest BCUT2D eigenvalue weighted by molar-refractivity contribution is 6.31. The summed E-state index contributed by atoms with van der Waals surface area (Å²) in [5, 5.41) is 14.3. The van der Waals surface area contributed by atoms with Crippen LogP contribution in [0.15, 0.2) is 73.1 Å². The third-order valence-electron chi connectivity index (χ3n) is 6.09. The fraction of sp³-hybridized carbons (Fsp3) is 0.115. The Morgan fingerprint density at radius 2 is 1.88 bits per heavy atom. The number of nitrogens with one attached hydrogen (secondary N) is 3. The molecule has 3 aromatic carbocycles. The number of likely N-dealkylation sites (N-methyl/N-ethyl adjacent to an activating group) is 1. The van der Waals surface area contributed by atoms with Gasteiger partial charge in [0.2, 0.25) is 5.95 Å². The third-order valence-corrected chi connectivity index (χ3v) is 6.32. The molecule has 34 heavy (non-hydrogen) atoms. The van der Waals surface area contributed by atoms with E-state index in [1.165, 1.54) is 10.9 Å². The van der Waals surface area contributed by atoms with Crippen molar-refractivity contribution in [1.82, 2.24) is 25.1 Å². The number of anilines is 3. The average Bonchev–Trinajstić information content (AvgIpc) is 3.49. The molecule has 0 aliphatic carbocycles. The summed E-state index contributed by atoms with van der Waals surface area (Å²) in [4.78, 5) is 15.1. The first-order valence-electron chi connectivity index (χ1n) is 11.1. The lowest BCUT2D eigenvalue weighted by Gasteiger charge is -2.21. The molecule has 0 saturated carbocycles. The van der Waals surface area contributed by atoms with Gasteiger partial charge in [0, 0.05) is 52.2 Å². The predicted octanol–water partition coefficient (Wildman–Crippen LogP) is 6.06. The van der Waals surface area contributed by atoms with Crippen molar-refractivity contribution in [2.75, 3.05) is 23.8 Å². The van der Waals surface area contributed by atoms with E-state index in [1.807, 2.05) is 42.5 Å². The Kier molecular flexibility index (Phi) is 5.04. The molecular weight excluding hydrogens is 446 g/mol. The van der Waals surface area contributed by atoms with Crippen LogP contribution in [0.4, 0.5) is 17.5 Å². The van der Waals surface area contributed by atoms with E-state index in [0.717, 1.165) is 51.8 Å². The Bertz CT molecular complexity index is 1640. The van der Waals surface area contributed by atoms with Crippen molar-refractivity contribution >= 4 is 61.8 Å². The summed E-state index contributed by atoms with van der Waals surface area (Å²) in [6.45, 7) is 0.793. The minimum atomic E-state index is 0.534. The monoisotopic (exact) mass is 467 g/mol. The number of rotatable bonds is 6. The second kappa shape index (κ2) is 8.35. The molecule has 0 radical (unpaired) electrons. The Labute approximate surface area is 200 Å². The number of hydrogen-bond donors (Lipinski definition) is 3. The van der Waals surface area contributed by atoms with Gasteiger partial charge in [0.05, 0.1) is 17.2 Å². The number of benzene rings is 3. The van der Waals surface area contributed by atoms with E-state index in [1.54, 1.807) is 6.20 Å². The zero-order valence-electron chi connectivity index (χ0n) is 18.5. The number of hydrogen-bond acceptors (Lipinski definition) is 5. The largest absolute Gasteiger partial charge is 0.361 e. The number of H-pyrrole nitrogens is 2. The quantitative estimate of drug-likeness (QED) is 0.277. The number of aromatic nitrogens is 5. The van der Waals surface area contributed by atoms with Crippen molar-refractivity contribution in [3.8, 4) is 0 Å². The zero-order valence-corrected chi connectivity index (χ0v) is 19.3. The predicted molar refractivity (Wildman–Crippen MR) is 139 cm³/mol. The molecule has 0 fully saturated rings. The molecule has 8 heteroatoms. The van der Waals surface area contributed by atoms with Gasteiger partial charge in [-0.15, -0.1) is 0 Å². The molecule has 0 bridgehead atoms.